The van der Waals surface area contributed by atoms with Gasteiger partial charge in [0.2, 0.25) is 0 Å². The number of nitrogens with zero attached hydrogens (tertiary/aromatic N) is 1. The van der Waals surface area contributed by atoms with Gasteiger partial charge in [0.15, 0.2) is 0 Å². The van der Waals surface area contributed by atoms with Gasteiger partial charge >= 0.3 is 0 Å². The number of fused-ring (bicyclic) bond motifs is 2. The molecule has 0 spiro atoms. The van der Waals surface area contributed by atoms with Crippen molar-refractivity contribution in [2.75, 3.05) is 14.2 Å². The van der Waals surface area contributed by atoms with E-state index in [1.165, 1.54) is 0 Å². The molecule has 3 N–H and O–H groups in total. The van der Waals surface area contributed by atoms with E-state index >= 15 is 0 Å². The zero-order chi connectivity index (χ0) is 22.4. The Balaban J connectivity index is 1.47. The van der Waals surface area contributed by atoms with Gasteiger partial charge < -0.3 is 24.4 Å². The number of para-hydroxylation sites is 2. The lowest BCUT2D eigenvalue weighted by atomic mass is 10.2. The Morgan fingerprint density at radius 2 is 1.58 bits per heavy atom. The molecule has 1 aliphatic rings. The van der Waals surface area contributed by atoms with Gasteiger partial charge in [-0.15, -0.1) is 0 Å². The standard InChI is InChI=1S/C27H22N4O2/c1-32-26-14-22(20-11-16-7-3-5-9-18(16)28-20)30-24(26)13-25-27(33-2)15-23(31-25)21-12-17-8-4-6-10-19(17)29-21/h3-15,28,30-31H,1-2H3/b23-21-,25-13+. The van der Waals surface area contributed by atoms with Crippen LogP contribution in [0.25, 0.3) is 40.1 Å². The van der Waals surface area contributed by atoms with E-state index in [1.807, 2.05) is 48.5 Å². The fraction of sp³-hybridized carbons (Fsp3) is 0.0741. The number of aromatic amines is 3. The van der Waals surface area contributed by atoms with Gasteiger partial charge in [0.25, 0.3) is 0 Å². The van der Waals surface area contributed by atoms with Crippen LogP contribution in [0.3, 0.4) is 0 Å². The van der Waals surface area contributed by atoms with Crippen molar-refractivity contribution in [3.8, 4) is 22.9 Å². The summed E-state index contributed by atoms with van der Waals surface area (Å²) in [6.45, 7) is 0. The van der Waals surface area contributed by atoms with Crippen molar-refractivity contribution in [1.82, 2.24) is 15.0 Å². The maximum absolute atomic E-state index is 5.66. The fourth-order valence-electron chi connectivity index (χ4n) is 4.26. The number of H-pyrrole nitrogens is 3. The van der Waals surface area contributed by atoms with E-state index in [1.54, 1.807) is 14.2 Å². The van der Waals surface area contributed by atoms with Gasteiger partial charge in [-0.05, 0) is 30.4 Å². The van der Waals surface area contributed by atoms with Crippen LogP contribution in [-0.4, -0.2) is 29.2 Å². The monoisotopic (exact) mass is 434 g/mol. The maximum atomic E-state index is 5.66. The van der Waals surface area contributed by atoms with Crippen molar-refractivity contribution in [3.63, 3.8) is 0 Å². The number of methoxy groups -OCH3 is 2. The van der Waals surface area contributed by atoms with Gasteiger partial charge in [-0.2, -0.15) is 0 Å². The fourth-order valence-corrected chi connectivity index (χ4v) is 4.26. The molecule has 6 rings (SSSR count). The molecule has 3 aromatic heterocycles. The summed E-state index contributed by atoms with van der Waals surface area (Å²) in [5, 5.41) is 4.98. The Bertz CT molecular complexity index is 1680. The third-order valence-electron chi connectivity index (χ3n) is 5.91. The molecular formula is C27H22N4O2. The minimum Gasteiger partial charge on any atom is -0.494 e. The van der Waals surface area contributed by atoms with Crippen LogP contribution < -0.4 is 30.7 Å². The van der Waals surface area contributed by atoms with E-state index in [2.05, 4.69) is 45.3 Å². The topological polar surface area (TPSA) is 78.2 Å². The summed E-state index contributed by atoms with van der Waals surface area (Å²) in [5.41, 5.74) is 4.77. The van der Waals surface area contributed by atoms with E-state index in [4.69, 9.17) is 14.5 Å². The lowest BCUT2D eigenvalue weighted by molar-refractivity contribution is 0.411. The predicted octanol–water partition coefficient (Wildman–Crippen LogP) is 2.56. The van der Waals surface area contributed by atoms with Crippen LogP contribution in [0.1, 0.15) is 5.69 Å². The first-order valence-electron chi connectivity index (χ1n) is 10.7. The highest BCUT2D eigenvalue weighted by Gasteiger charge is 2.12. The SMILES string of the molecule is COc1cc(-c2cc3ccccc3[nH]2)[nH]c1/C=c1/[nH]/c(=C2/C=c3ccccc3=N2)cc1OC. The van der Waals surface area contributed by atoms with Crippen LogP contribution in [0.2, 0.25) is 0 Å². The van der Waals surface area contributed by atoms with Crippen molar-refractivity contribution in [2.45, 2.75) is 0 Å². The second kappa shape index (κ2) is 7.60. The summed E-state index contributed by atoms with van der Waals surface area (Å²) in [6.07, 6.45) is 4.07. The second-order valence-electron chi connectivity index (χ2n) is 7.94. The van der Waals surface area contributed by atoms with Crippen LogP contribution in [0.5, 0.6) is 11.5 Å². The molecule has 0 fully saturated rings. The highest BCUT2D eigenvalue weighted by molar-refractivity contribution is 5.85. The Morgan fingerprint density at radius 1 is 0.788 bits per heavy atom. The third kappa shape index (κ3) is 3.32. The summed E-state index contributed by atoms with van der Waals surface area (Å²) in [7, 11) is 3.34. The molecule has 33 heavy (non-hydrogen) atoms. The number of hydrogen-bond donors (Lipinski definition) is 3. The van der Waals surface area contributed by atoms with Crippen molar-refractivity contribution in [2.24, 2.45) is 4.99 Å². The van der Waals surface area contributed by atoms with Crippen molar-refractivity contribution < 1.29 is 9.47 Å². The molecule has 0 amide bonds. The normalized spacial score (nSPS) is 14.8. The zero-order valence-corrected chi connectivity index (χ0v) is 18.3. The largest absolute Gasteiger partial charge is 0.494 e. The molecule has 0 atom stereocenters. The van der Waals surface area contributed by atoms with E-state index in [9.17, 15) is 0 Å². The molecule has 0 saturated carbocycles. The summed E-state index contributed by atoms with van der Waals surface area (Å²) < 4.78 is 11.3. The van der Waals surface area contributed by atoms with E-state index in [0.717, 1.165) is 66.5 Å². The Morgan fingerprint density at radius 3 is 2.39 bits per heavy atom. The van der Waals surface area contributed by atoms with Crippen molar-refractivity contribution >= 4 is 28.8 Å². The Labute approximate surface area is 189 Å². The molecule has 0 bridgehead atoms. The average Bonchev–Trinajstić information content (AvgIpc) is 3.62. The lowest BCUT2D eigenvalue weighted by Gasteiger charge is -1.97. The highest BCUT2D eigenvalue weighted by Crippen LogP contribution is 2.29. The molecule has 2 aromatic carbocycles. The Kier molecular flexibility index (Phi) is 4.43. The van der Waals surface area contributed by atoms with Gasteiger partial charge in [-0.3, -0.25) is 0 Å². The molecular weight excluding hydrogens is 412 g/mol. The second-order valence-corrected chi connectivity index (χ2v) is 7.94. The summed E-state index contributed by atoms with van der Waals surface area (Å²) in [5.74, 6) is 1.49. The quantitative estimate of drug-likeness (QED) is 0.407. The van der Waals surface area contributed by atoms with Crippen molar-refractivity contribution in [1.29, 1.82) is 0 Å². The molecule has 0 radical (unpaired) electrons. The molecule has 1 aliphatic heterocycles. The molecule has 0 unspecified atom stereocenters. The highest BCUT2D eigenvalue weighted by atomic mass is 16.5. The van der Waals surface area contributed by atoms with E-state index in [-0.39, 0.29) is 0 Å². The molecule has 0 saturated heterocycles. The average molecular weight is 434 g/mol. The van der Waals surface area contributed by atoms with E-state index < -0.39 is 0 Å². The van der Waals surface area contributed by atoms with Crippen LogP contribution in [-0.2, 0) is 0 Å². The maximum Gasteiger partial charge on any atom is 0.144 e. The Hall–Kier alpha value is -4.45. The third-order valence-corrected chi connectivity index (χ3v) is 5.91. The van der Waals surface area contributed by atoms with Gasteiger partial charge in [0.05, 0.1) is 53.1 Å². The van der Waals surface area contributed by atoms with Gasteiger partial charge in [-0.25, -0.2) is 4.99 Å². The van der Waals surface area contributed by atoms with Crippen LogP contribution >= 0.6 is 0 Å². The molecule has 6 heteroatoms. The summed E-state index contributed by atoms with van der Waals surface area (Å²) in [6, 6.07) is 22.4. The number of nitrogens with one attached hydrogen (secondary N) is 3. The molecule has 5 aromatic rings. The minimum atomic E-state index is 0.737. The smallest absolute Gasteiger partial charge is 0.144 e. The number of benzene rings is 2. The molecule has 0 aliphatic carbocycles. The van der Waals surface area contributed by atoms with Crippen LogP contribution in [0.15, 0.2) is 71.7 Å². The van der Waals surface area contributed by atoms with Crippen LogP contribution in [0, 0.1) is 0 Å². The molecule has 4 heterocycles. The van der Waals surface area contributed by atoms with Gasteiger partial charge in [0.1, 0.15) is 11.5 Å². The molecule has 6 nitrogen and oxygen atoms in total. The lowest BCUT2D eigenvalue weighted by Crippen LogP contribution is -2.19. The predicted molar refractivity (Wildman–Crippen MR) is 130 cm³/mol. The summed E-state index contributed by atoms with van der Waals surface area (Å²) in [4.78, 5) is 15.1. The first-order chi connectivity index (χ1) is 16.2. The number of ether oxygens (including phenoxy) is 2. The van der Waals surface area contributed by atoms with Crippen LogP contribution in [0.4, 0.5) is 0 Å². The number of rotatable bonds is 4. The minimum absolute atomic E-state index is 0.737. The first-order valence-corrected chi connectivity index (χ1v) is 10.7. The van der Waals surface area contributed by atoms with Gasteiger partial charge in [0, 0.05) is 28.3 Å². The van der Waals surface area contributed by atoms with Gasteiger partial charge in [-0.1, -0.05) is 36.4 Å². The summed E-state index contributed by atoms with van der Waals surface area (Å²) >= 11 is 0. The number of aromatic nitrogens is 3. The zero-order valence-electron chi connectivity index (χ0n) is 18.3. The van der Waals surface area contributed by atoms with Crippen molar-refractivity contribution in [3.05, 3.63) is 93.7 Å². The van der Waals surface area contributed by atoms with E-state index in [0.29, 0.717) is 0 Å². The first kappa shape index (κ1) is 19.3. The molecule has 162 valence electrons. The number of hydrogen-bond acceptors (Lipinski definition) is 3.